The van der Waals surface area contributed by atoms with E-state index in [9.17, 15) is 9.59 Å². The van der Waals surface area contributed by atoms with E-state index >= 15 is 0 Å². The van der Waals surface area contributed by atoms with Gasteiger partial charge in [-0.2, -0.15) is 0 Å². The zero-order valence-electron chi connectivity index (χ0n) is 36.9. The summed E-state index contributed by atoms with van der Waals surface area (Å²) in [5.41, 5.74) is 8.92. The maximum atomic E-state index is 14.1. The quantitative estimate of drug-likeness (QED) is 0.0233. The zero-order valence-corrected chi connectivity index (χ0v) is 38.7. The predicted octanol–water partition coefficient (Wildman–Crippen LogP) is 12.2. The minimum Gasteiger partial charge on any atom is -0.459 e. The summed E-state index contributed by atoms with van der Waals surface area (Å²) in [6.45, 7) is 4.44. The molecule has 0 spiro atoms. The normalized spacial score (nSPS) is 12.7. The fourth-order valence-electron chi connectivity index (χ4n) is 6.01. The Bertz CT molecular complexity index is 2360. The van der Waals surface area contributed by atoms with Gasteiger partial charge in [-0.15, -0.1) is 0 Å². The van der Waals surface area contributed by atoms with E-state index in [4.69, 9.17) is 36.6 Å². The van der Waals surface area contributed by atoms with Crippen molar-refractivity contribution in [2.75, 3.05) is 6.61 Å². The van der Waals surface area contributed by atoms with E-state index < -0.39 is 34.8 Å². The highest BCUT2D eigenvalue weighted by molar-refractivity contribution is 7.42. The van der Waals surface area contributed by atoms with Gasteiger partial charge in [0, 0.05) is 6.42 Å². The van der Waals surface area contributed by atoms with Crippen molar-refractivity contribution in [2.45, 2.75) is 58.8 Å². The molecule has 6 aromatic rings. The molecule has 1 amide bonds. The van der Waals surface area contributed by atoms with Gasteiger partial charge in [-0.05, 0) is 59.4 Å². The zero-order chi connectivity index (χ0) is 46.1. The molecule has 0 fully saturated rings. The van der Waals surface area contributed by atoms with Crippen LogP contribution < -0.4 is 19.9 Å². The molecule has 0 radical (unpaired) electrons. The Morgan fingerprint density at radius 2 is 0.955 bits per heavy atom. The number of hydrogen-bond donors (Lipinski definition) is 2. The van der Waals surface area contributed by atoms with Crippen LogP contribution in [-0.4, -0.2) is 24.2 Å². The van der Waals surface area contributed by atoms with E-state index in [-0.39, 0.29) is 57.6 Å². The van der Waals surface area contributed by atoms with Crippen LogP contribution in [0.4, 0.5) is 4.79 Å². The number of carbonyl (C=O) groups is 2. The molecule has 0 heterocycles. The molecule has 342 valence electrons. The first-order valence-electron chi connectivity index (χ1n) is 21.3. The summed E-state index contributed by atoms with van der Waals surface area (Å²) in [6, 6.07) is 53.0. The first-order valence-corrected chi connectivity index (χ1v) is 23.5. The summed E-state index contributed by atoms with van der Waals surface area (Å²) >= 11 is 0. The molecule has 0 aliphatic carbocycles. The summed E-state index contributed by atoms with van der Waals surface area (Å²) in [7, 11) is -4.07. The van der Waals surface area contributed by atoms with Gasteiger partial charge in [0.15, 0.2) is 11.5 Å². The van der Waals surface area contributed by atoms with Crippen LogP contribution in [0.1, 0.15) is 47.2 Å². The van der Waals surface area contributed by atoms with Crippen LogP contribution in [0.25, 0.3) is 0 Å². The summed E-state index contributed by atoms with van der Waals surface area (Å²) in [4.78, 5) is 27.1. The molecule has 0 saturated heterocycles. The SMILES string of the molecule is C/C=C/C=C/COP(OCc1ccccc1)Oc1ccc(C[C@](C)(NNC(=O)OCc2ccccc2)C(=O)OCc2ccccc2)cc1OP(OCc1ccccc1)OCc1ccccc1. The molecule has 66 heavy (non-hydrogen) atoms. The van der Waals surface area contributed by atoms with Crippen molar-refractivity contribution in [1.82, 2.24) is 10.9 Å². The smallest absolute Gasteiger partial charge is 0.421 e. The number of rotatable bonds is 26. The molecule has 0 bridgehead atoms. The largest absolute Gasteiger partial charge is 0.459 e. The van der Waals surface area contributed by atoms with Crippen LogP contribution in [0, 0.1) is 0 Å². The van der Waals surface area contributed by atoms with Crippen LogP contribution in [-0.2, 0) is 71.8 Å². The minimum absolute atomic E-state index is 0.00872. The van der Waals surface area contributed by atoms with Crippen molar-refractivity contribution >= 4 is 29.3 Å². The number of hydrazine groups is 1. The fraction of sp³-hybridized carbons (Fsp3) is 0.192. The Kier molecular flexibility index (Phi) is 20.4. The standard InChI is InChI=1S/C52H54N2O10P2/c1-3-4-5-21-34-59-65(60-39-44-26-15-8-16-27-44)63-48-33-32-47(35-49(48)64-66(61-40-45-28-17-9-18-29-45)62-41-46-30-19-10-20-31-46)36-52(2,50(55)57-37-42-22-11-6-12-23-42)54-53-51(56)58-38-43-24-13-7-14-25-43/h3-33,35,54H,34,36-41H2,1-2H3,(H,53,56)/b4-3+,21-5+/t52-,65?/m0/s1. The van der Waals surface area contributed by atoms with Crippen molar-refractivity contribution in [3.05, 3.63) is 228 Å². The molecule has 2 atom stereocenters. The molecule has 0 saturated carbocycles. The Morgan fingerprint density at radius 1 is 0.515 bits per heavy atom. The number of amides is 1. The average molecular weight is 929 g/mol. The van der Waals surface area contributed by atoms with Crippen molar-refractivity contribution in [1.29, 1.82) is 0 Å². The molecular weight excluding hydrogens is 875 g/mol. The average Bonchev–Trinajstić information content (AvgIpc) is 3.36. The van der Waals surface area contributed by atoms with E-state index in [0.29, 0.717) is 5.56 Å². The van der Waals surface area contributed by atoms with Crippen LogP contribution in [0.3, 0.4) is 0 Å². The second-order valence-electron chi connectivity index (χ2n) is 14.8. The van der Waals surface area contributed by atoms with E-state index in [2.05, 4.69) is 10.9 Å². The lowest BCUT2D eigenvalue weighted by molar-refractivity contribution is -0.152. The molecule has 0 aromatic heterocycles. The van der Waals surface area contributed by atoms with Crippen LogP contribution in [0.15, 0.2) is 194 Å². The molecule has 0 aliphatic rings. The van der Waals surface area contributed by atoms with Gasteiger partial charge in [-0.1, -0.05) is 182 Å². The van der Waals surface area contributed by atoms with Crippen LogP contribution >= 0.6 is 17.2 Å². The van der Waals surface area contributed by atoms with Crippen LogP contribution in [0.2, 0.25) is 0 Å². The van der Waals surface area contributed by atoms with Gasteiger partial charge in [0.05, 0.1) is 26.4 Å². The second kappa shape index (κ2) is 27.3. The Labute approximate surface area is 389 Å². The molecule has 0 aliphatic heterocycles. The highest BCUT2D eigenvalue weighted by atomic mass is 31.2. The second-order valence-corrected chi connectivity index (χ2v) is 17.1. The summed E-state index contributed by atoms with van der Waals surface area (Å²) in [5, 5.41) is 0. The number of nitrogens with one attached hydrogen (secondary N) is 2. The third-order valence-electron chi connectivity index (χ3n) is 9.48. The van der Waals surface area contributed by atoms with Gasteiger partial charge in [0.25, 0.3) is 0 Å². The first-order chi connectivity index (χ1) is 32.3. The van der Waals surface area contributed by atoms with Gasteiger partial charge in [-0.25, -0.2) is 15.0 Å². The first kappa shape index (κ1) is 49.2. The maximum absolute atomic E-state index is 14.1. The number of carbonyl (C=O) groups excluding carboxylic acids is 2. The number of allylic oxidation sites excluding steroid dienone is 3. The van der Waals surface area contributed by atoms with Gasteiger partial charge in [-0.3, -0.25) is 23.5 Å². The molecule has 1 unspecified atom stereocenters. The number of ether oxygens (including phenoxy) is 2. The van der Waals surface area contributed by atoms with E-state index in [1.54, 1.807) is 25.1 Å². The van der Waals surface area contributed by atoms with E-state index in [0.717, 1.165) is 27.8 Å². The van der Waals surface area contributed by atoms with Gasteiger partial charge in [0.1, 0.15) is 18.8 Å². The van der Waals surface area contributed by atoms with Gasteiger partial charge in [0.2, 0.25) is 0 Å². The number of esters is 1. The third kappa shape index (κ3) is 17.3. The fourth-order valence-corrected chi connectivity index (χ4v) is 7.96. The molecule has 6 aromatic carbocycles. The van der Waals surface area contributed by atoms with Gasteiger partial charge < -0.3 is 18.5 Å². The molecule has 14 heteroatoms. The predicted molar refractivity (Wildman–Crippen MR) is 256 cm³/mol. The highest BCUT2D eigenvalue weighted by Crippen LogP contribution is 2.50. The molecule has 2 N–H and O–H groups in total. The third-order valence-corrected chi connectivity index (χ3v) is 11.6. The monoisotopic (exact) mass is 928 g/mol. The van der Waals surface area contributed by atoms with Gasteiger partial charge >= 0.3 is 29.3 Å². The molecular formula is C52H54N2O10P2. The van der Waals surface area contributed by atoms with E-state index in [1.165, 1.54) is 0 Å². The summed E-state index contributed by atoms with van der Waals surface area (Å²) in [6.07, 6.45) is 6.78. The van der Waals surface area contributed by atoms with Crippen molar-refractivity contribution in [3.63, 3.8) is 0 Å². The maximum Gasteiger partial charge on any atom is 0.421 e. The highest BCUT2D eigenvalue weighted by Gasteiger charge is 2.37. The van der Waals surface area contributed by atoms with Crippen molar-refractivity contribution < 1.29 is 46.2 Å². The van der Waals surface area contributed by atoms with Crippen molar-refractivity contribution in [3.8, 4) is 11.5 Å². The number of hydrogen-bond acceptors (Lipinski definition) is 11. The minimum atomic E-state index is -2.07. The molecule has 12 nitrogen and oxygen atoms in total. The molecule has 6 rings (SSSR count). The lowest BCUT2D eigenvalue weighted by atomic mass is 9.93. The van der Waals surface area contributed by atoms with Crippen LogP contribution in [0.5, 0.6) is 11.5 Å². The topological polar surface area (TPSA) is 132 Å². The Balaban J connectivity index is 1.30. The Morgan fingerprint density at radius 3 is 1.44 bits per heavy atom. The summed E-state index contributed by atoms with van der Waals surface area (Å²) < 4.78 is 49.5. The van der Waals surface area contributed by atoms with E-state index in [1.807, 2.05) is 183 Å². The lowest BCUT2D eigenvalue weighted by Gasteiger charge is -2.29. The lowest BCUT2D eigenvalue weighted by Crippen LogP contribution is -2.59. The summed E-state index contributed by atoms with van der Waals surface area (Å²) in [5.74, 6) is -0.119. The Hall–Kier alpha value is -6.20. The van der Waals surface area contributed by atoms with Crippen molar-refractivity contribution in [2.24, 2.45) is 0 Å². The number of benzene rings is 6.